The second-order valence-corrected chi connectivity index (χ2v) is 7.72. The number of nitro groups is 1. The minimum atomic E-state index is -0.510. The van der Waals surface area contributed by atoms with Gasteiger partial charge in [-0.3, -0.25) is 24.3 Å². The van der Waals surface area contributed by atoms with Gasteiger partial charge in [0.25, 0.3) is 11.2 Å². The van der Waals surface area contributed by atoms with Crippen molar-refractivity contribution in [2.45, 2.75) is 32.0 Å². The molecule has 0 aliphatic heterocycles. The van der Waals surface area contributed by atoms with Crippen molar-refractivity contribution in [1.82, 2.24) is 9.55 Å². The van der Waals surface area contributed by atoms with Gasteiger partial charge in [0.05, 0.1) is 27.3 Å². The number of amides is 1. The van der Waals surface area contributed by atoms with Crippen LogP contribution in [0.2, 0.25) is 0 Å². The first-order valence-corrected chi connectivity index (χ1v) is 9.95. The zero-order chi connectivity index (χ0) is 21.1. The molecular formula is C20H20N4O4S. The molecule has 1 amide bonds. The van der Waals surface area contributed by atoms with Crippen LogP contribution in [0.1, 0.15) is 25.5 Å². The zero-order valence-electron chi connectivity index (χ0n) is 16.2. The largest absolute Gasteiger partial charge is 0.325 e. The van der Waals surface area contributed by atoms with Gasteiger partial charge in [-0.05, 0) is 38.5 Å². The molecule has 150 valence electrons. The number of thioether (sulfide) groups is 1. The minimum absolute atomic E-state index is 0.0135. The van der Waals surface area contributed by atoms with Gasteiger partial charge in [-0.25, -0.2) is 4.98 Å². The van der Waals surface area contributed by atoms with E-state index in [0.29, 0.717) is 21.7 Å². The third kappa shape index (κ3) is 4.45. The Kier molecular flexibility index (Phi) is 5.97. The van der Waals surface area contributed by atoms with Crippen LogP contribution in [0.4, 0.5) is 11.4 Å². The van der Waals surface area contributed by atoms with E-state index in [1.165, 1.54) is 12.1 Å². The van der Waals surface area contributed by atoms with Crippen molar-refractivity contribution in [1.29, 1.82) is 0 Å². The average molecular weight is 412 g/mol. The number of fused-ring (bicyclic) bond motifs is 1. The monoisotopic (exact) mass is 412 g/mol. The van der Waals surface area contributed by atoms with E-state index in [4.69, 9.17) is 0 Å². The molecule has 1 N–H and O–H groups in total. The van der Waals surface area contributed by atoms with E-state index in [2.05, 4.69) is 10.3 Å². The van der Waals surface area contributed by atoms with Crippen LogP contribution in [-0.2, 0) is 4.79 Å². The molecule has 1 aromatic heterocycles. The lowest BCUT2D eigenvalue weighted by Crippen LogP contribution is -2.25. The SMILES string of the molecule is Cc1ccc([N+](=O)[O-])cc1NC(=O)CSc1nc2ccccc2c(=O)n1C(C)C. The average Bonchev–Trinajstić information content (AvgIpc) is 2.67. The quantitative estimate of drug-likeness (QED) is 0.285. The van der Waals surface area contributed by atoms with Crippen LogP contribution < -0.4 is 10.9 Å². The van der Waals surface area contributed by atoms with Crippen molar-refractivity contribution in [3.8, 4) is 0 Å². The summed E-state index contributed by atoms with van der Waals surface area (Å²) < 4.78 is 1.57. The van der Waals surface area contributed by atoms with E-state index in [-0.39, 0.29) is 28.9 Å². The number of non-ortho nitro benzene ring substituents is 1. The summed E-state index contributed by atoms with van der Waals surface area (Å²) in [6.45, 7) is 5.52. The number of carbonyl (C=O) groups is 1. The second kappa shape index (κ2) is 8.44. The van der Waals surface area contributed by atoms with Crippen molar-refractivity contribution in [2.24, 2.45) is 0 Å². The molecule has 3 rings (SSSR count). The lowest BCUT2D eigenvalue weighted by Gasteiger charge is -2.16. The van der Waals surface area contributed by atoms with Crippen LogP contribution in [0.5, 0.6) is 0 Å². The Balaban J connectivity index is 1.83. The van der Waals surface area contributed by atoms with Gasteiger partial charge in [-0.15, -0.1) is 0 Å². The van der Waals surface area contributed by atoms with Crippen molar-refractivity contribution in [3.63, 3.8) is 0 Å². The molecule has 8 nitrogen and oxygen atoms in total. The maximum absolute atomic E-state index is 12.8. The number of anilines is 1. The maximum atomic E-state index is 12.8. The maximum Gasteiger partial charge on any atom is 0.271 e. The summed E-state index contributed by atoms with van der Waals surface area (Å²) in [7, 11) is 0. The number of aryl methyl sites for hydroxylation is 1. The number of aromatic nitrogens is 2. The van der Waals surface area contributed by atoms with Crippen LogP contribution in [-0.4, -0.2) is 26.1 Å². The molecule has 0 aliphatic rings. The van der Waals surface area contributed by atoms with E-state index < -0.39 is 4.92 Å². The van der Waals surface area contributed by atoms with Gasteiger partial charge < -0.3 is 5.32 Å². The Morgan fingerprint density at radius 2 is 2.00 bits per heavy atom. The van der Waals surface area contributed by atoms with Crippen LogP contribution >= 0.6 is 11.8 Å². The van der Waals surface area contributed by atoms with Gasteiger partial charge in [-0.1, -0.05) is 30.0 Å². The number of para-hydroxylation sites is 1. The van der Waals surface area contributed by atoms with Crippen molar-refractivity contribution in [2.75, 3.05) is 11.1 Å². The molecule has 9 heteroatoms. The molecule has 0 spiro atoms. The number of carbonyl (C=O) groups excluding carboxylic acids is 1. The number of nitro benzene ring substituents is 1. The topological polar surface area (TPSA) is 107 Å². The highest BCUT2D eigenvalue weighted by Crippen LogP contribution is 2.24. The predicted octanol–water partition coefficient (Wildman–Crippen LogP) is 3.92. The summed E-state index contributed by atoms with van der Waals surface area (Å²) in [5.41, 5.74) is 1.44. The summed E-state index contributed by atoms with van der Waals surface area (Å²) in [5, 5.41) is 14.6. The number of hydrogen-bond acceptors (Lipinski definition) is 6. The van der Waals surface area contributed by atoms with E-state index in [9.17, 15) is 19.7 Å². The molecule has 0 radical (unpaired) electrons. The highest BCUT2D eigenvalue weighted by molar-refractivity contribution is 7.99. The van der Waals surface area contributed by atoms with Crippen molar-refractivity contribution >= 4 is 39.9 Å². The molecular weight excluding hydrogens is 392 g/mol. The van der Waals surface area contributed by atoms with Gasteiger partial charge in [0.1, 0.15) is 0 Å². The lowest BCUT2D eigenvalue weighted by molar-refractivity contribution is -0.384. The molecule has 3 aromatic rings. The molecule has 1 heterocycles. The predicted molar refractivity (Wildman–Crippen MR) is 114 cm³/mol. The highest BCUT2D eigenvalue weighted by Gasteiger charge is 2.16. The standard InChI is InChI=1S/C20H20N4O4S/c1-12(2)23-19(26)15-6-4-5-7-16(15)22-20(23)29-11-18(25)21-17-10-14(24(27)28)9-8-13(17)3/h4-10,12H,11H2,1-3H3,(H,21,25). The van der Waals surface area contributed by atoms with Gasteiger partial charge in [0.2, 0.25) is 5.91 Å². The Bertz CT molecular complexity index is 1160. The molecule has 29 heavy (non-hydrogen) atoms. The molecule has 0 fully saturated rings. The number of benzene rings is 2. The summed E-state index contributed by atoms with van der Waals surface area (Å²) in [4.78, 5) is 40.2. The fraction of sp³-hybridized carbons (Fsp3) is 0.250. The van der Waals surface area contributed by atoms with E-state index >= 15 is 0 Å². The number of nitrogens with zero attached hydrogens (tertiary/aromatic N) is 3. The van der Waals surface area contributed by atoms with Crippen molar-refractivity contribution < 1.29 is 9.72 Å². The Hall–Kier alpha value is -3.20. The van der Waals surface area contributed by atoms with E-state index in [0.717, 1.165) is 17.3 Å². The van der Waals surface area contributed by atoms with E-state index in [1.807, 2.05) is 13.8 Å². The van der Waals surface area contributed by atoms with Gasteiger partial charge in [-0.2, -0.15) is 0 Å². The molecule has 0 saturated heterocycles. The molecule has 2 aromatic carbocycles. The lowest BCUT2D eigenvalue weighted by atomic mass is 10.2. The summed E-state index contributed by atoms with van der Waals surface area (Å²) in [6.07, 6.45) is 0. The molecule has 0 saturated carbocycles. The fourth-order valence-corrected chi connectivity index (χ4v) is 3.79. The van der Waals surface area contributed by atoms with Crippen molar-refractivity contribution in [3.05, 3.63) is 68.5 Å². The summed E-state index contributed by atoms with van der Waals surface area (Å²) >= 11 is 1.15. The zero-order valence-corrected chi connectivity index (χ0v) is 17.0. The molecule has 0 bridgehead atoms. The smallest absolute Gasteiger partial charge is 0.271 e. The molecule has 0 atom stereocenters. The first-order valence-electron chi connectivity index (χ1n) is 8.97. The summed E-state index contributed by atoms with van der Waals surface area (Å²) in [5.74, 6) is -0.323. The third-order valence-electron chi connectivity index (χ3n) is 4.33. The van der Waals surface area contributed by atoms with Crippen LogP contribution in [0, 0.1) is 17.0 Å². The Labute approximate surface area is 171 Å². The third-order valence-corrected chi connectivity index (χ3v) is 5.28. The first kappa shape index (κ1) is 20.5. The number of rotatable bonds is 6. The number of nitrogens with one attached hydrogen (secondary N) is 1. The van der Waals surface area contributed by atoms with Crippen LogP contribution in [0.25, 0.3) is 10.9 Å². The summed E-state index contributed by atoms with van der Waals surface area (Å²) in [6, 6.07) is 11.3. The Morgan fingerprint density at radius 1 is 1.28 bits per heavy atom. The minimum Gasteiger partial charge on any atom is -0.325 e. The normalized spacial score (nSPS) is 11.0. The molecule has 0 unspecified atom stereocenters. The Morgan fingerprint density at radius 3 is 2.69 bits per heavy atom. The van der Waals surface area contributed by atoms with Crippen LogP contribution in [0.15, 0.2) is 52.4 Å². The molecule has 0 aliphatic carbocycles. The first-order chi connectivity index (χ1) is 13.8. The fourth-order valence-electron chi connectivity index (χ4n) is 2.86. The van der Waals surface area contributed by atoms with Gasteiger partial charge in [0, 0.05) is 18.2 Å². The van der Waals surface area contributed by atoms with Gasteiger partial charge in [0.15, 0.2) is 5.16 Å². The second-order valence-electron chi connectivity index (χ2n) is 6.77. The van der Waals surface area contributed by atoms with Gasteiger partial charge >= 0.3 is 0 Å². The number of hydrogen-bond donors (Lipinski definition) is 1. The van der Waals surface area contributed by atoms with Crippen LogP contribution in [0.3, 0.4) is 0 Å². The van der Waals surface area contributed by atoms with E-state index in [1.54, 1.807) is 41.8 Å². The highest BCUT2D eigenvalue weighted by atomic mass is 32.2.